The van der Waals surface area contributed by atoms with E-state index in [0.717, 1.165) is 16.4 Å². The molecule has 0 aliphatic carbocycles. The van der Waals surface area contributed by atoms with Gasteiger partial charge in [0, 0.05) is 16.2 Å². The molecule has 2 N–H and O–H groups in total. The SMILES string of the molecule is Nc1cn(-c2ccc(Br)cc2)nc1-c1cncc(F)c1. The lowest BCUT2D eigenvalue weighted by Crippen LogP contribution is -1.94. The van der Waals surface area contributed by atoms with Crippen LogP contribution in [0, 0.1) is 5.82 Å². The topological polar surface area (TPSA) is 56.7 Å². The van der Waals surface area contributed by atoms with Crippen molar-refractivity contribution in [2.24, 2.45) is 0 Å². The van der Waals surface area contributed by atoms with Crippen LogP contribution in [0.2, 0.25) is 0 Å². The number of halogens is 2. The second kappa shape index (κ2) is 5.05. The zero-order valence-electron chi connectivity index (χ0n) is 10.3. The van der Waals surface area contributed by atoms with Crippen LogP contribution in [0.15, 0.2) is 53.4 Å². The second-order valence-corrected chi connectivity index (χ2v) is 5.16. The van der Waals surface area contributed by atoms with Crippen LogP contribution < -0.4 is 5.73 Å². The van der Waals surface area contributed by atoms with E-state index in [-0.39, 0.29) is 0 Å². The summed E-state index contributed by atoms with van der Waals surface area (Å²) in [6.45, 7) is 0. The maximum atomic E-state index is 13.2. The van der Waals surface area contributed by atoms with Crippen LogP contribution in [-0.2, 0) is 0 Å². The molecule has 0 bridgehead atoms. The minimum Gasteiger partial charge on any atom is -0.396 e. The van der Waals surface area contributed by atoms with Crippen LogP contribution in [0.1, 0.15) is 0 Å². The third-order valence-electron chi connectivity index (χ3n) is 2.81. The number of pyridine rings is 1. The average Bonchev–Trinajstić information content (AvgIpc) is 2.82. The number of nitrogens with zero attached hydrogens (tertiary/aromatic N) is 3. The molecule has 4 nitrogen and oxygen atoms in total. The molecule has 0 atom stereocenters. The van der Waals surface area contributed by atoms with Crippen molar-refractivity contribution in [2.45, 2.75) is 0 Å². The Kier molecular flexibility index (Phi) is 3.23. The Morgan fingerprint density at radius 1 is 1.15 bits per heavy atom. The fourth-order valence-electron chi connectivity index (χ4n) is 1.88. The Labute approximate surface area is 123 Å². The van der Waals surface area contributed by atoms with Crippen LogP contribution in [0.25, 0.3) is 16.9 Å². The molecule has 0 amide bonds. The molecule has 100 valence electrons. The number of benzene rings is 1. The molecule has 20 heavy (non-hydrogen) atoms. The molecule has 0 fully saturated rings. The van der Waals surface area contributed by atoms with Gasteiger partial charge in [-0.05, 0) is 30.3 Å². The van der Waals surface area contributed by atoms with Crippen LogP contribution in [0.5, 0.6) is 0 Å². The molecule has 6 heteroatoms. The summed E-state index contributed by atoms with van der Waals surface area (Å²) in [5.41, 5.74) is 8.36. The Hall–Kier alpha value is -2.21. The van der Waals surface area contributed by atoms with Crippen LogP contribution in [-0.4, -0.2) is 14.8 Å². The smallest absolute Gasteiger partial charge is 0.142 e. The molecule has 0 spiro atoms. The highest BCUT2D eigenvalue weighted by Gasteiger charge is 2.10. The van der Waals surface area contributed by atoms with Gasteiger partial charge in [-0.2, -0.15) is 5.10 Å². The lowest BCUT2D eigenvalue weighted by molar-refractivity contribution is 0.622. The van der Waals surface area contributed by atoms with E-state index in [1.54, 1.807) is 10.9 Å². The Balaban J connectivity index is 2.05. The van der Waals surface area contributed by atoms with E-state index in [2.05, 4.69) is 26.0 Å². The van der Waals surface area contributed by atoms with Gasteiger partial charge in [-0.1, -0.05) is 15.9 Å². The van der Waals surface area contributed by atoms with Gasteiger partial charge in [0.15, 0.2) is 0 Å². The molecule has 0 radical (unpaired) electrons. The summed E-state index contributed by atoms with van der Waals surface area (Å²) < 4.78 is 15.9. The van der Waals surface area contributed by atoms with Crippen molar-refractivity contribution in [1.82, 2.24) is 14.8 Å². The molecule has 0 saturated heterocycles. The first-order valence-corrected chi connectivity index (χ1v) is 6.65. The molecule has 0 unspecified atom stereocenters. The predicted molar refractivity (Wildman–Crippen MR) is 78.9 cm³/mol. The van der Waals surface area contributed by atoms with Gasteiger partial charge in [0.25, 0.3) is 0 Å². The Morgan fingerprint density at radius 2 is 1.90 bits per heavy atom. The molecule has 2 aromatic heterocycles. The van der Waals surface area contributed by atoms with E-state index >= 15 is 0 Å². The number of aromatic nitrogens is 3. The van der Waals surface area contributed by atoms with Crippen molar-refractivity contribution in [3.8, 4) is 16.9 Å². The standard InChI is InChI=1S/C14H10BrFN4/c15-10-1-3-12(4-2-10)20-8-13(17)14(19-20)9-5-11(16)7-18-6-9/h1-8H,17H2. The zero-order chi connectivity index (χ0) is 14.1. The minimum atomic E-state index is -0.417. The van der Waals surface area contributed by atoms with E-state index in [4.69, 9.17) is 5.73 Å². The lowest BCUT2D eigenvalue weighted by Gasteiger charge is -2.01. The average molecular weight is 333 g/mol. The maximum Gasteiger partial charge on any atom is 0.142 e. The highest BCUT2D eigenvalue weighted by atomic mass is 79.9. The summed E-state index contributed by atoms with van der Waals surface area (Å²) in [6.07, 6.45) is 4.38. The monoisotopic (exact) mass is 332 g/mol. The second-order valence-electron chi connectivity index (χ2n) is 4.25. The molecule has 3 rings (SSSR count). The van der Waals surface area contributed by atoms with E-state index in [1.807, 2.05) is 24.3 Å². The fourth-order valence-corrected chi connectivity index (χ4v) is 2.14. The largest absolute Gasteiger partial charge is 0.396 e. The van der Waals surface area contributed by atoms with E-state index in [9.17, 15) is 4.39 Å². The Bertz CT molecular complexity index is 752. The first-order valence-electron chi connectivity index (χ1n) is 5.85. The Morgan fingerprint density at radius 3 is 2.60 bits per heavy atom. The minimum absolute atomic E-state index is 0.417. The van der Waals surface area contributed by atoms with Crippen molar-refractivity contribution in [2.75, 3.05) is 5.73 Å². The van der Waals surface area contributed by atoms with Crippen molar-refractivity contribution in [3.63, 3.8) is 0 Å². The van der Waals surface area contributed by atoms with Crippen molar-refractivity contribution >= 4 is 21.6 Å². The number of rotatable bonds is 2. The first-order chi connectivity index (χ1) is 9.63. The summed E-state index contributed by atoms with van der Waals surface area (Å²) in [6, 6.07) is 9.00. The van der Waals surface area contributed by atoms with E-state index in [0.29, 0.717) is 16.9 Å². The first kappa shape index (κ1) is 12.8. The molecule has 0 aliphatic rings. The summed E-state index contributed by atoms with van der Waals surface area (Å²) in [5.74, 6) is -0.417. The third-order valence-corrected chi connectivity index (χ3v) is 3.34. The van der Waals surface area contributed by atoms with Crippen LogP contribution in [0.4, 0.5) is 10.1 Å². The quantitative estimate of drug-likeness (QED) is 0.782. The molecule has 3 aromatic rings. The number of anilines is 1. The van der Waals surface area contributed by atoms with Gasteiger partial charge in [-0.25, -0.2) is 9.07 Å². The van der Waals surface area contributed by atoms with Gasteiger partial charge in [-0.15, -0.1) is 0 Å². The van der Waals surface area contributed by atoms with Gasteiger partial charge in [0.1, 0.15) is 11.5 Å². The lowest BCUT2D eigenvalue weighted by atomic mass is 10.2. The number of nitrogen functional groups attached to an aromatic ring is 1. The fraction of sp³-hybridized carbons (Fsp3) is 0. The summed E-state index contributed by atoms with van der Waals surface area (Å²) in [7, 11) is 0. The molecule has 0 saturated carbocycles. The van der Waals surface area contributed by atoms with Crippen LogP contribution >= 0.6 is 15.9 Å². The van der Waals surface area contributed by atoms with Gasteiger partial charge in [0.05, 0.1) is 23.8 Å². The van der Waals surface area contributed by atoms with Crippen LogP contribution in [0.3, 0.4) is 0 Å². The summed E-state index contributed by atoms with van der Waals surface area (Å²) in [4.78, 5) is 3.81. The number of hydrogen-bond donors (Lipinski definition) is 1. The predicted octanol–water partition coefficient (Wildman–Crippen LogP) is 3.42. The number of nitrogens with two attached hydrogens (primary N) is 1. The van der Waals surface area contributed by atoms with Crippen molar-refractivity contribution < 1.29 is 4.39 Å². The summed E-state index contributed by atoms with van der Waals surface area (Å²) >= 11 is 3.38. The maximum absolute atomic E-state index is 13.2. The van der Waals surface area contributed by atoms with E-state index in [1.165, 1.54) is 12.3 Å². The molecular formula is C14H10BrFN4. The van der Waals surface area contributed by atoms with Gasteiger partial charge < -0.3 is 5.73 Å². The number of hydrogen-bond acceptors (Lipinski definition) is 3. The van der Waals surface area contributed by atoms with Gasteiger partial charge in [-0.3, -0.25) is 4.98 Å². The third kappa shape index (κ3) is 2.42. The molecule has 0 aliphatic heterocycles. The molecular weight excluding hydrogens is 323 g/mol. The molecule has 2 heterocycles. The van der Waals surface area contributed by atoms with Gasteiger partial charge in [0.2, 0.25) is 0 Å². The highest BCUT2D eigenvalue weighted by molar-refractivity contribution is 9.10. The van der Waals surface area contributed by atoms with Crippen molar-refractivity contribution in [1.29, 1.82) is 0 Å². The zero-order valence-corrected chi connectivity index (χ0v) is 11.9. The normalized spacial score (nSPS) is 10.7. The molecule has 1 aromatic carbocycles. The van der Waals surface area contributed by atoms with Gasteiger partial charge >= 0.3 is 0 Å². The summed E-state index contributed by atoms with van der Waals surface area (Å²) in [5, 5.41) is 4.39. The highest BCUT2D eigenvalue weighted by Crippen LogP contribution is 2.25. The van der Waals surface area contributed by atoms with Crippen molar-refractivity contribution in [3.05, 3.63) is 59.2 Å². The van der Waals surface area contributed by atoms with E-state index < -0.39 is 5.82 Å².